The summed E-state index contributed by atoms with van der Waals surface area (Å²) in [6, 6.07) is 9.53. The van der Waals surface area contributed by atoms with E-state index in [0.717, 1.165) is 30.2 Å². The molecule has 20 heavy (non-hydrogen) atoms. The zero-order valence-electron chi connectivity index (χ0n) is 12.0. The average Bonchev–Trinajstić information content (AvgIpc) is 2.90. The Morgan fingerprint density at radius 1 is 1.40 bits per heavy atom. The van der Waals surface area contributed by atoms with E-state index in [-0.39, 0.29) is 5.78 Å². The van der Waals surface area contributed by atoms with Crippen LogP contribution >= 0.6 is 0 Å². The van der Waals surface area contributed by atoms with Crippen molar-refractivity contribution in [3.63, 3.8) is 0 Å². The van der Waals surface area contributed by atoms with Crippen LogP contribution < -0.4 is 0 Å². The maximum atomic E-state index is 12.8. The molecular weight excluding hydrogens is 252 g/mol. The lowest BCUT2D eigenvalue weighted by Crippen LogP contribution is -2.44. The Morgan fingerprint density at radius 3 is 2.90 bits per heavy atom. The highest BCUT2D eigenvalue weighted by molar-refractivity contribution is 6.03. The Kier molecular flexibility index (Phi) is 3.38. The maximum absolute atomic E-state index is 12.8. The average molecular weight is 272 g/mol. The number of hydrogen-bond donors (Lipinski definition) is 0. The third-order valence-electron chi connectivity index (χ3n) is 4.41. The third-order valence-corrected chi connectivity index (χ3v) is 4.41. The van der Waals surface area contributed by atoms with Gasteiger partial charge in [-0.05, 0) is 37.3 Å². The zero-order valence-corrected chi connectivity index (χ0v) is 12.0. The highest BCUT2D eigenvalue weighted by Gasteiger charge is 2.43. The van der Waals surface area contributed by atoms with Crippen LogP contribution in [0.1, 0.15) is 43.2 Å². The number of ether oxygens (including phenoxy) is 1. The van der Waals surface area contributed by atoms with Gasteiger partial charge >= 0.3 is 0 Å². The molecule has 0 spiro atoms. The van der Waals surface area contributed by atoms with Crippen LogP contribution in [0.25, 0.3) is 11.0 Å². The molecule has 3 heteroatoms. The minimum Gasteiger partial charge on any atom is -0.453 e. The van der Waals surface area contributed by atoms with Crippen LogP contribution in [0.3, 0.4) is 0 Å². The second-order valence-electron chi connectivity index (χ2n) is 5.88. The van der Waals surface area contributed by atoms with Crippen LogP contribution in [-0.4, -0.2) is 18.5 Å². The molecule has 1 heterocycles. The summed E-state index contributed by atoms with van der Waals surface area (Å²) < 4.78 is 11.4. The number of para-hydroxylation sites is 1. The molecule has 1 aliphatic carbocycles. The van der Waals surface area contributed by atoms with E-state index >= 15 is 0 Å². The lowest BCUT2D eigenvalue weighted by molar-refractivity contribution is -0.0318. The maximum Gasteiger partial charge on any atom is 0.229 e. The van der Waals surface area contributed by atoms with Gasteiger partial charge in [0.25, 0.3) is 0 Å². The van der Waals surface area contributed by atoms with Crippen molar-refractivity contribution in [1.82, 2.24) is 0 Å². The number of benzene rings is 1. The molecule has 106 valence electrons. The van der Waals surface area contributed by atoms with Crippen LogP contribution in [0, 0.1) is 5.92 Å². The van der Waals surface area contributed by atoms with Gasteiger partial charge in [-0.2, -0.15) is 0 Å². The number of furan rings is 1. The van der Waals surface area contributed by atoms with Gasteiger partial charge in [0, 0.05) is 12.5 Å². The number of fused-ring (bicyclic) bond motifs is 1. The number of Topliss-reactive ketones (excluding diaryl/α,β-unsaturated/α-hetero) is 1. The highest BCUT2D eigenvalue weighted by atomic mass is 16.5. The second-order valence-corrected chi connectivity index (χ2v) is 5.88. The van der Waals surface area contributed by atoms with Crippen molar-refractivity contribution >= 4 is 16.8 Å². The van der Waals surface area contributed by atoms with Crippen molar-refractivity contribution in [2.45, 2.75) is 38.2 Å². The fourth-order valence-corrected chi connectivity index (χ4v) is 3.31. The first-order valence-electron chi connectivity index (χ1n) is 7.23. The highest BCUT2D eigenvalue weighted by Crippen LogP contribution is 2.38. The molecule has 1 aliphatic rings. The molecule has 1 aromatic carbocycles. The van der Waals surface area contributed by atoms with E-state index in [1.54, 1.807) is 7.11 Å². The Balaban J connectivity index is 1.97. The molecule has 0 amide bonds. The van der Waals surface area contributed by atoms with Crippen LogP contribution in [-0.2, 0) is 4.74 Å². The van der Waals surface area contributed by atoms with Crippen LogP contribution in [0.5, 0.6) is 0 Å². The zero-order chi connectivity index (χ0) is 14.2. The molecule has 2 atom stereocenters. The van der Waals surface area contributed by atoms with Gasteiger partial charge in [-0.1, -0.05) is 31.5 Å². The number of methoxy groups -OCH3 is 1. The topological polar surface area (TPSA) is 39.4 Å². The Bertz CT molecular complexity index is 595. The van der Waals surface area contributed by atoms with Gasteiger partial charge in [0.05, 0.1) is 0 Å². The number of rotatable bonds is 3. The fraction of sp³-hybridized carbons (Fsp3) is 0.471. The molecule has 2 aromatic rings. The minimum atomic E-state index is -0.703. The van der Waals surface area contributed by atoms with Crippen molar-refractivity contribution < 1.29 is 13.9 Å². The monoisotopic (exact) mass is 272 g/mol. The predicted octanol–water partition coefficient (Wildman–Crippen LogP) is 4.21. The lowest BCUT2D eigenvalue weighted by atomic mass is 9.76. The number of carbonyl (C=O) groups excluding carboxylic acids is 1. The van der Waals surface area contributed by atoms with Gasteiger partial charge in [-0.15, -0.1) is 0 Å². The summed E-state index contributed by atoms with van der Waals surface area (Å²) in [5.74, 6) is 0.918. The van der Waals surface area contributed by atoms with Gasteiger partial charge in [0.2, 0.25) is 5.78 Å². The predicted molar refractivity (Wildman–Crippen MR) is 77.9 cm³/mol. The number of carbonyl (C=O) groups is 1. The SMILES string of the molecule is COC1(C(=O)c2cc3ccccc3o2)CCCC(C)C1. The molecule has 0 N–H and O–H groups in total. The number of hydrogen-bond acceptors (Lipinski definition) is 3. The van der Waals surface area contributed by atoms with E-state index in [1.165, 1.54) is 6.42 Å². The van der Waals surface area contributed by atoms with E-state index in [1.807, 2.05) is 30.3 Å². The third kappa shape index (κ3) is 2.16. The van der Waals surface area contributed by atoms with Crippen LogP contribution in [0.2, 0.25) is 0 Å². The van der Waals surface area contributed by atoms with E-state index in [4.69, 9.17) is 9.15 Å². The summed E-state index contributed by atoms with van der Waals surface area (Å²) in [6.45, 7) is 2.18. The fourth-order valence-electron chi connectivity index (χ4n) is 3.31. The molecule has 1 aromatic heterocycles. The molecule has 0 aliphatic heterocycles. The normalized spacial score (nSPS) is 26.8. The molecular formula is C17H20O3. The molecule has 0 radical (unpaired) electrons. The van der Waals surface area contributed by atoms with Crippen LogP contribution in [0.15, 0.2) is 34.7 Å². The van der Waals surface area contributed by atoms with Crippen molar-refractivity contribution in [3.8, 4) is 0 Å². The molecule has 0 bridgehead atoms. The standard InChI is InChI=1S/C17H20O3/c1-12-6-5-9-17(11-12,19-2)16(18)15-10-13-7-3-4-8-14(13)20-15/h3-4,7-8,10,12H,5-6,9,11H2,1-2H3. The van der Waals surface area contributed by atoms with E-state index < -0.39 is 5.60 Å². The second kappa shape index (κ2) is 5.06. The molecule has 2 unspecified atom stereocenters. The summed E-state index contributed by atoms with van der Waals surface area (Å²) in [6.07, 6.45) is 3.75. The van der Waals surface area contributed by atoms with Gasteiger partial charge in [0.1, 0.15) is 11.2 Å². The first-order chi connectivity index (χ1) is 9.64. The van der Waals surface area contributed by atoms with Crippen LogP contribution in [0.4, 0.5) is 0 Å². The molecule has 3 rings (SSSR count). The van der Waals surface area contributed by atoms with Gasteiger partial charge in [-0.25, -0.2) is 0 Å². The van der Waals surface area contributed by atoms with E-state index in [0.29, 0.717) is 11.7 Å². The largest absolute Gasteiger partial charge is 0.453 e. The van der Waals surface area contributed by atoms with Crippen molar-refractivity contribution in [1.29, 1.82) is 0 Å². The Morgan fingerprint density at radius 2 is 2.20 bits per heavy atom. The minimum absolute atomic E-state index is 0.0113. The lowest BCUT2D eigenvalue weighted by Gasteiger charge is -2.36. The van der Waals surface area contributed by atoms with E-state index in [2.05, 4.69) is 6.92 Å². The first kappa shape index (κ1) is 13.4. The smallest absolute Gasteiger partial charge is 0.229 e. The first-order valence-corrected chi connectivity index (χ1v) is 7.23. The molecule has 3 nitrogen and oxygen atoms in total. The molecule has 0 saturated heterocycles. The number of ketones is 1. The summed E-state index contributed by atoms with van der Waals surface area (Å²) in [4.78, 5) is 12.8. The molecule has 1 fully saturated rings. The summed E-state index contributed by atoms with van der Waals surface area (Å²) in [5.41, 5.74) is 0.0527. The van der Waals surface area contributed by atoms with Gasteiger partial charge in [0.15, 0.2) is 5.76 Å². The van der Waals surface area contributed by atoms with E-state index in [9.17, 15) is 4.79 Å². The van der Waals surface area contributed by atoms with Crippen molar-refractivity contribution in [2.75, 3.05) is 7.11 Å². The van der Waals surface area contributed by atoms with Crippen molar-refractivity contribution in [2.24, 2.45) is 5.92 Å². The summed E-state index contributed by atoms with van der Waals surface area (Å²) in [5, 5.41) is 0.964. The van der Waals surface area contributed by atoms with Gasteiger partial charge in [-0.3, -0.25) is 4.79 Å². The Labute approximate surface area is 118 Å². The summed E-state index contributed by atoms with van der Waals surface area (Å²) >= 11 is 0. The Hall–Kier alpha value is -1.61. The van der Waals surface area contributed by atoms with Crippen molar-refractivity contribution in [3.05, 3.63) is 36.1 Å². The quantitative estimate of drug-likeness (QED) is 0.786. The van der Waals surface area contributed by atoms with Gasteiger partial charge < -0.3 is 9.15 Å². The summed E-state index contributed by atoms with van der Waals surface area (Å²) in [7, 11) is 1.64. The molecule has 1 saturated carbocycles.